The fourth-order valence-electron chi connectivity index (χ4n) is 2.88. The summed E-state index contributed by atoms with van der Waals surface area (Å²) in [5.74, 6) is 2.27. The Morgan fingerprint density at radius 1 is 0.767 bits per heavy atom. The van der Waals surface area contributed by atoms with E-state index in [0.717, 1.165) is 62.4 Å². The number of ether oxygens (including phenoxy) is 3. The molecular formula is C25H36N2O3. The maximum absolute atomic E-state index is 5.79. The molecule has 30 heavy (non-hydrogen) atoms. The molecule has 2 aromatic rings. The fraction of sp³-hybridized carbons (Fsp3) is 0.520. The van der Waals surface area contributed by atoms with Crippen LogP contribution in [-0.2, 0) is 4.74 Å². The van der Waals surface area contributed by atoms with Crippen molar-refractivity contribution in [2.45, 2.75) is 58.8 Å². The molecule has 0 saturated carbocycles. The van der Waals surface area contributed by atoms with Crippen LogP contribution in [0.1, 0.15) is 58.8 Å². The quantitative estimate of drug-likeness (QED) is 0.241. The first-order valence-electron chi connectivity index (χ1n) is 11.2. The summed E-state index contributed by atoms with van der Waals surface area (Å²) in [7, 11) is 0. The maximum Gasteiger partial charge on any atom is 0.159 e. The SMILES string of the molecule is C/C=C/CCCCCOc1cnc(-c2ccc(OCCCCOCCC)cc2)nc1. The lowest BCUT2D eigenvalue weighted by molar-refractivity contribution is 0.127. The molecule has 0 N–H and O–H groups in total. The van der Waals surface area contributed by atoms with Crippen LogP contribution in [0.2, 0.25) is 0 Å². The van der Waals surface area contributed by atoms with Crippen molar-refractivity contribution in [3.05, 3.63) is 48.8 Å². The number of aromatic nitrogens is 2. The van der Waals surface area contributed by atoms with E-state index in [9.17, 15) is 0 Å². The molecular weight excluding hydrogens is 376 g/mol. The third kappa shape index (κ3) is 9.88. The van der Waals surface area contributed by atoms with Crippen molar-refractivity contribution in [1.82, 2.24) is 9.97 Å². The van der Waals surface area contributed by atoms with E-state index in [2.05, 4.69) is 36.0 Å². The lowest BCUT2D eigenvalue weighted by Crippen LogP contribution is -2.01. The van der Waals surface area contributed by atoms with Crippen molar-refractivity contribution in [3.63, 3.8) is 0 Å². The minimum atomic E-state index is 0.688. The van der Waals surface area contributed by atoms with Crippen molar-refractivity contribution < 1.29 is 14.2 Å². The molecule has 1 heterocycles. The zero-order valence-corrected chi connectivity index (χ0v) is 18.5. The molecule has 0 bridgehead atoms. The number of allylic oxidation sites excluding steroid dienone is 2. The Bertz CT molecular complexity index is 699. The summed E-state index contributed by atoms with van der Waals surface area (Å²) in [6, 6.07) is 7.90. The van der Waals surface area contributed by atoms with E-state index in [-0.39, 0.29) is 0 Å². The molecule has 5 nitrogen and oxygen atoms in total. The Hall–Kier alpha value is -2.40. The molecule has 5 heteroatoms. The molecule has 0 fully saturated rings. The van der Waals surface area contributed by atoms with Crippen molar-refractivity contribution >= 4 is 0 Å². The second-order valence-electron chi connectivity index (χ2n) is 7.20. The number of rotatable bonds is 16. The summed E-state index contributed by atoms with van der Waals surface area (Å²) in [6.45, 7) is 7.23. The van der Waals surface area contributed by atoms with Crippen molar-refractivity contribution in [2.75, 3.05) is 26.4 Å². The van der Waals surface area contributed by atoms with Gasteiger partial charge < -0.3 is 14.2 Å². The van der Waals surface area contributed by atoms with Crippen LogP contribution in [-0.4, -0.2) is 36.4 Å². The van der Waals surface area contributed by atoms with E-state index in [1.54, 1.807) is 12.4 Å². The number of hydrogen-bond donors (Lipinski definition) is 0. The minimum Gasteiger partial charge on any atom is -0.494 e. The first-order chi connectivity index (χ1) is 14.8. The Morgan fingerprint density at radius 2 is 1.43 bits per heavy atom. The van der Waals surface area contributed by atoms with Gasteiger partial charge in [-0.1, -0.05) is 19.1 Å². The van der Waals surface area contributed by atoms with Crippen LogP contribution < -0.4 is 9.47 Å². The summed E-state index contributed by atoms with van der Waals surface area (Å²) in [5.41, 5.74) is 0.964. The molecule has 0 aliphatic heterocycles. The highest BCUT2D eigenvalue weighted by Gasteiger charge is 2.03. The van der Waals surface area contributed by atoms with Gasteiger partial charge in [0.15, 0.2) is 11.6 Å². The predicted octanol–water partition coefficient (Wildman–Crippen LogP) is 6.24. The molecule has 0 unspecified atom stereocenters. The van der Waals surface area contributed by atoms with E-state index >= 15 is 0 Å². The minimum absolute atomic E-state index is 0.688. The van der Waals surface area contributed by atoms with E-state index in [4.69, 9.17) is 14.2 Å². The Morgan fingerprint density at radius 3 is 2.13 bits per heavy atom. The van der Waals surface area contributed by atoms with Crippen LogP contribution in [0.4, 0.5) is 0 Å². The molecule has 1 aromatic carbocycles. The molecule has 0 amide bonds. The third-order valence-corrected chi connectivity index (χ3v) is 4.56. The van der Waals surface area contributed by atoms with Gasteiger partial charge in [0.1, 0.15) is 5.75 Å². The Labute approximate surface area is 181 Å². The summed E-state index contributed by atoms with van der Waals surface area (Å²) >= 11 is 0. The molecule has 0 aliphatic rings. The summed E-state index contributed by atoms with van der Waals surface area (Å²) in [5, 5.41) is 0. The Kier molecular flexibility index (Phi) is 12.3. The largest absolute Gasteiger partial charge is 0.494 e. The molecule has 164 valence electrons. The maximum atomic E-state index is 5.79. The van der Waals surface area contributed by atoms with Gasteiger partial charge in [0.05, 0.1) is 25.6 Å². The van der Waals surface area contributed by atoms with Gasteiger partial charge in [-0.3, -0.25) is 0 Å². The molecule has 0 spiro atoms. The normalized spacial score (nSPS) is 11.1. The average molecular weight is 413 g/mol. The van der Waals surface area contributed by atoms with Crippen LogP contribution in [0.15, 0.2) is 48.8 Å². The smallest absolute Gasteiger partial charge is 0.159 e. The number of hydrogen-bond acceptors (Lipinski definition) is 5. The topological polar surface area (TPSA) is 53.5 Å². The fourth-order valence-corrected chi connectivity index (χ4v) is 2.88. The van der Waals surface area contributed by atoms with Gasteiger partial charge in [-0.25, -0.2) is 9.97 Å². The molecule has 2 rings (SSSR count). The number of benzene rings is 1. The molecule has 0 atom stereocenters. The second-order valence-corrected chi connectivity index (χ2v) is 7.20. The molecule has 0 aliphatic carbocycles. The van der Waals surface area contributed by atoms with Crippen molar-refractivity contribution in [1.29, 1.82) is 0 Å². The van der Waals surface area contributed by atoms with E-state index < -0.39 is 0 Å². The van der Waals surface area contributed by atoms with Crippen LogP contribution in [0.5, 0.6) is 11.5 Å². The summed E-state index contributed by atoms with van der Waals surface area (Å²) < 4.78 is 17.0. The first kappa shape index (κ1) is 23.9. The second kappa shape index (κ2) is 15.4. The van der Waals surface area contributed by atoms with Gasteiger partial charge in [-0.2, -0.15) is 0 Å². The van der Waals surface area contributed by atoms with Gasteiger partial charge in [-0.15, -0.1) is 0 Å². The standard InChI is InChI=1S/C25H36N2O3/c1-3-5-6-7-8-9-18-30-24-20-26-25(27-21-24)22-12-14-23(15-13-22)29-19-11-10-17-28-16-4-2/h3,5,12-15,20-21H,4,6-11,16-19H2,1-2H3/b5-3+. The van der Waals surface area contributed by atoms with Crippen LogP contribution >= 0.6 is 0 Å². The van der Waals surface area contributed by atoms with Crippen LogP contribution in [0, 0.1) is 0 Å². The van der Waals surface area contributed by atoms with Gasteiger partial charge in [-0.05, 0) is 76.1 Å². The third-order valence-electron chi connectivity index (χ3n) is 4.56. The van der Waals surface area contributed by atoms with E-state index in [0.29, 0.717) is 19.0 Å². The highest BCUT2D eigenvalue weighted by atomic mass is 16.5. The average Bonchev–Trinajstić information content (AvgIpc) is 2.79. The van der Waals surface area contributed by atoms with Gasteiger partial charge in [0.25, 0.3) is 0 Å². The van der Waals surface area contributed by atoms with E-state index in [1.807, 2.05) is 24.3 Å². The highest BCUT2D eigenvalue weighted by Crippen LogP contribution is 2.20. The summed E-state index contributed by atoms with van der Waals surface area (Å²) in [4.78, 5) is 8.86. The lowest BCUT2D eigenvalue weighted by Gasteiger charge is -2.08. The molecule has 0 saturated heterocycles. The number of nitrogens with zero attached hydrogens (tertiary/aromatic N) is 2. The zero-order valence-electron chi connectivity index (χ0n) is 18.5. The molecule has 1 aromatic heterocycles. The highest BCUT2D eigenvalue weighted by molar-refractivity contribution is 5.56. The van der Waals surface area contributed by atoms with E-state index in [1.165, 1.54) is 12.8 Å². The summed E-state index contributed by atoms with van der Waals surface area (Å²) in [6.07, 6.45) is 15.4. The first-order valence-corrected chi connectivity index (χ1v) is 11.2. The number of unbranched alkanes of at least 4 members (excludes halogenated alkanes) is 4. The van der Waals surface area contributed by atoms with Crippen molar-refractivity contribution in [3.8, 4) is 22.9 Å². The van der Waals surface area contributed by atoms with Crippen LogP contribution in [0.25, 0.3) is 11.4 Å². The van der Waals surface area contributed by atoms with Gasteiger partial charge >= 0.3 is 0 Å². The molecule has 0 radical (unpaired) electrons. The monoisotopic (exact) mass is 412 g/mol. The predicted molar refractivity (Wildman–Crippen MR) is 122 cm³/mol. The van der Waals surface area contributed by atoms with Crippen LogP contribution in [0.3, 0.4) is 0 Å². The van der Waals surface area contributed by atoms with Gasteiger partial charge in [0, 0.05) is 18.8 Å². The Balaban J connectivity index is 1.67. The van der Waals surface area contributed by atoms with Gasteiger partial charge in [0.2, 0.25) is 0 Å². The zero-order chi connectivity index (χ0) is 21.3. The lowest BCUT2D eigenvalue weighted by atomic mass is 10.2. The van der Waals surface area contributed by atoms with Crippen molar-refractivity contribution in [2.24, 2.45) is 0 Å².